The first-order chi connectivity index (χ1) is 17.3. The summed E-state index contributed by atoms with van der Waals surface area (Å²) in [6.45, 7) is 9.22. The maximum absolute atomic E-state index is 14.0. The second-order valence-corrected chi connectivity index (χ2v) is 13.1. The molecule has 3 rings (SSSR count). The van der Waals surface area contributed by atoms with Gasteiger partial charge in [0, 0.05) is 26.2 Å². The Morgan fingerprint density at radius 1 is 1.08 bits per heavy atom. The highest BCUT2D eigenvalue weighted by atomic mass is 35.5. The quantitative estimate of drug-likeness (QED) is 0.388. The van der Waals surface area contributed by atoms with Crippen LogP contribution in [0.3, 0.4) is 0 Å². The fraction of sp³-hybridized carbons (Fsp3) is 0.536. The van der Waals surface area contributed by atoms with Crippen LogP contribution in [0.1, 0.15) is 49.8 Å². The number of hydrogen-bond acceptors (Lipinski definition) is 4. The number of nitrogens with zero attached hydrogens (tertiary/aromatic N) is 3. The molecule has 1 unspecified atom stereocenters. The van der Waals surface area contributed by atoms with Gasteiger partial charge in [-0.25, -0.2) is 8.42 Å². The number of halogens is 2. The van der Waals surface area contributed by atoms with Crippen molar-refractivity contribution in [2.75, 3.05) is 39.5 Å². The number of piperidine rings is 1. The van der Waals surface area contributed by atoms with Crippen molar-refractivity contribution in [2.45, 2.75) is 58.0 Å². The van der Waals surface area contributed by atoms with Crippen molar-refractivity contribution in [3.8, 4) is 0 Å². The first kappa shape index (κ1) is 29.9. The van der Waals surface area contributed by atoms with Crippen molar-refractivity contribution < 1.29 is 13.2 Å². The smallest absolute Gasteiger partial charge is 0.233 e. The number of likely N-dealkylation sites (tertiary alicyclic amines) is 1. The number of benzene rings is 2. The summed E-state index contributed by atoms with van der Waals surface area (Å²) in [5.41, 5.74) is 2.30. The summed E-state index contributed by atoms with van der Waals surface area (Å²) in [6.07, 6.45) is 3.46. The highest BCUT2D eigenvalue weighted by molar-refractivity contribution is 7.88. The molecule has 1 saturated heterocycles. The first-order valence-corrected chi connectivity index (χ1v) is 15.4. The standard InChI is InChI=1S/C28H39Cl2N3O3S/c1-6-33(37(5,35)36)24-13-16-32(17-14-24)18-15-28(3,23-11-12-25(29)26(30)19-23)27(34)31(4)20-22-9-7-21(2)8-10-22/h7-12,19,24H,6,13-18,20H2,1-5H3. The maximum atomic E-state index is 14.0. The second-order valence-electron chi connectivity index (χ2n) is 10.4. The summed E-state index contributed by atoms with van der Waals surface area (Å²) in [4.78, 5) is 18.1. The van der Waals surface area contributed by atoms with Crippen LogP contribution in [0.5, 0.6) is 0 Å². The van der Waals surface area contributed by atoms with Crippen LogP contribution in [-0.2, 0) is 26.8 Å². The molecule has 6 nitrogen and oxygen atoms in total. The highest BCUT2D eigenvalue weighted by Crippen LogP contribution is 2.35. The van der Waals surface area contributed by atoms with E-state index in [1.807, 2.05) is 33.9 Å². The van der Waals surface area contributed by atoms with Crippen molar-refractivity contribution in [3.63, 3.8) is 0 Å². The lowest BCUT2D eigenvalue weighted by Gasteiger charge is -2.39. The minimum atomic E-state index is -3.22. The highest BCUT2D eigenvalue weighted by Gasteiger charge is 2.38. The molecule has 0 spiro atoms. The minimum Gasteiger partial charge on any atom is -0.341 e. The van der Waals surface area contributed by atoms with Gasteiger partial charge in [0.25, 0.3) is 0 Å². The Kier molecular flexibility index (Phi) is 10.1. The van der Waals surface area contributed by atoms with Gasteiger partial charge in [0.1, 0.15) is 0 Å². The van der Waals surface area contributed by atoms with Gasteiger partial charge >= 0.3 is 0 Å². The van der Waals surface area contributed by atoms with E-state index in [2.05, 4.69) is 29.2 Å². The van der Waals surface area contributed by atoms with Crippen LogP contribution in [0.15, 0.2) is 42.5 Å². The van der Waals surface area contributed by atoms with E-state index < -0.39 is 15.4 Å². The van der Waals surface area contributed by atoms with Crippen molar-refractivity contribution in [3.05, 3.63) is 69.2 Å². The van der Waals surface area contributed by atoms with Crippen LogP contribution < -0.4 is 0 Å². The van der Waals surface area contributed by atoms with Crippen molar-refractivity contribution in [1.82, 2.24) is 14.1 Å². The summed E-state index contributed by atoms with van der Waals surface area (Å²) >= 11 is 12.6. The number of hydrogen-bond donors (Lipinski definition) is 0. The molecule has 0 N–H and O–H groups in total. The molecule has 1 atom stereocenters. The van der Waals surface area contributed by atoms with Gasteiger partial charge in [-0.1, -0.05) is 66.0 Å². The van der Waals surface area contributed by atoms with Crippen molar-refractivity contribution in [1.29, 1.82) is 0 Å². The average molecular weight is 569 g/mol. The summed E-state index contributed by atoms with van der Waals surface area (Å²) in [7, 11) is -1.38. The van der Waals surface area contributed by atoms with Gasteiger partial charge in [-0.05, 0) is 76.0 Å². The molecule has 2 aromatic rings. The van der Waals surface area contributed by atoms with E-state index in [9.17, 15) is 13.2 Å². The van der Waals surface area contributed by atoms with E-state index in [1.165, 1.54) is 11.8 Å². The predicted molar refractivity (Wildman–Crippen MR) is 153 cm³/mol. The average Bonchev–Trinajstić information content (AvgIpc) is 2.85. The van der Waals surface area contributed by atoms with E-state index in [0.717, 1.165) is 43.6 Å². The number of carbonyl (C=O) groups is 1. The fourth-order valence-electron chi connectivity index (χ4n) is 5.25. The second kappa shape index (κ2) is 12.5. The Morgan fingerprint density at radius 2 is 1.70 bits per heavy atom. The molecule has 2 aromatic carbocycles. The van der Waals surface area contributed by atoms with Crippen LogP contribution >= 0.6 is 23.2 Å². The van der Waals surface area contributed by atoms with Gasteiger partial charge in [-0.3, -0.25) is 4.79 Å². The zero-order chi connectivity index (χ0) is 27.4. The zero-order valence-corrected chi connectivity index (χ0v) is 24.8. The molecule has 0 bridgehead atoms. The van der Waals surface area contributed by atoms with Crippen molar-refractivity contribution >= 4 is 39.1 Å². The van der Waals surface area contributed by atoms with Gasteiger partial charge < -0.3 is 9.80 Å². The van der Waals surface area contributed by atoms with Gasteiger partial charge in [-0.2, -0.15) is 4.31 Å². The summed E-state index contributed by atoms with van der Waals surface area (Å²) < 4.78 is 25.9. The first-order valence-electron chi connectivity index (χ1n) is 12.8. The maximum Gasteiger partial charge on any atom is 0.233 e. The molecule has 0 radical (unpaired) electrons. The van der Waals surface area contributed by atoms with Crippen LogP contribution in [0.25, 0.3) is 0 Å². The third kappa shape index (κ3) is 7.48. The van der Waals surface area contributed by atoms with Crippen LogP contribution in [0.4, 0.5) is 0 Å². The Balaban J connectivity index is 1.75. The zero-order valence-electron chi connectivity index (χ0n) is 22.5. The number of amides is 1. The molecule has 37 heavy (non-hydrogen) atoms. The Hall–Kier alpha value is -1.64. The molecule has 1 aliphatic heterocycles. The van der Waals surface area contributed by atoms with E-state index in [1.54, 1.807) is 21.3 Å². The molecule has 0 aliphatic carbocycles. The third-order valence-corrected chi connectivity index (χ3v) is 9.69. The van der Waals surface area contributed by atoms with Crippen LogP contribution in [0, 0.1) is 6.92 Å². The van der Waals surface area contributed by atoms with Gasteiger partial charge in [-0.15, -0.1) is 0 Å². The van der Waals surface area contributed by atoms with E-state index >= 15 is 0 Å². The van der Waals surface area contributed by atoms with Gasteiger partial charge in [0.15, 0.2) is 0 Å². The lowest BCUT2D eigenvalue weighted by molar-refractivity contribution is -0.136. The molecule has 204 valence electrons. The molecule has 0 saturated carbocycles. The van der Waals surface area contributed by atoms with Gasteiger partial charge in [0.2, 0.25) is 15.9 Å². The summed E-state index contributed by atoms with van der Waals surface area (Å²) in [5.74, 6) is 0.0237. The topological polar surface area (TPSA) is 60.9 Å². The number of likely N-dealkylation sites (N-methyl/N-ethyl adjacent to an activating group) is 1. The van der Waals surface area contributed by atoms with E-state index in [4.69, 9.17) is 23.2 Å². The molecule has 0 aromatic heterocycles. The summed E-state index contributed by atoms with van der Waals surface area (Å²) in [6, 6.07) is 13.7. The Morgan fingerprint density at radius 3 is 2.24 bits per heavy atom. The number of sulfonamides is 1. The number of carbonyl (C=O) groups excluding carboxylic acids is 1. The SMILES string of the molecule is CCN(C1CCN(CCC(C)(C(=O)N(C)Cc2ccc(C)cc2)c2ccc(Cl)c(Cl)c2)CC1)S(C)(=O)=O. The molecule has 1 aliphatic rings. The molecule has 1 fully saturated rings. The molecule has 1 amide bonds. The third-order valence-electron chi connectivity index (χ3n) is 7.55. The minimum absolute atomic E-state index is 0.0237. The molecule has 9 heteroatoms. The normalized spacial score (nSPS) is 17.1. The van der Waals surface area contributed by atoms with E-state index in [0.29, 0.717) is 29.6 Å². The largest absolute Gasteiger partial charge is 0.341 e. The fourth-order valence-corrected chi connectivity index (χ4v) is 6.77. The van der Waals surface area contributed by atoms with Crippen LogP contribution in [-0.4, -0.2) is 74.0 Å². The lowest BCUT2D eigenvalue weighted by Crippen LogP contribution is -2.49. The molecular formula is C28H39Cl2N3O3S. The monoisotopic (exact) mass is 567 g/mol. The van der Waals surface area contributed by atoms with Crippen molar-refractivity contribution in [2.24, 2.45) is 0 Å². The Labute approximate surface area is 232 Å². The predicted octanol–water partition coefficient (Wildman–Crippen LogP) is 5.35. The number of aryl methyl sites for hydroxylation is 1. The lowest BCUT2D eigenvalue weighted by atomic mass is 9.77. The van der Waals surface area contributed by atoms with E-state index in [-0.39, 0.29) is 11.9 Å². The number of rotatable bonds is 10. The van der Waals surface area contributed by atoms with Crippen LogP contribution in [0.2, 0.25) is 10.0 Å². The molecule has 1 heterocycles. The molecular weight excluding hydrogens is 529 g/mol. The summed E-state index contributed by atoms with van der Waals surface area (Å²) in [5, 5.41) is 0.891. The van der Waals surface area contributed by atoms with Gasteiger partial charge in [0.05, 0.1) is 21.7 Å². The Bertz CT molecular complexity index is 1180.